The SMILES string of the molecule is COC(=O)c1ccc(N2CCC(Oc3cc(F)ccc3Cl)CC2)cc1OC. The highest BCUT2D eigenvalue weighted by Crippen LogP contribution is 2.31. The number of ether oxygens (including phenoxy) is 3. The Labute approximate surface area is 162 Å². The molecule has 1 heterocycles. The van der Waals surface area contributed by atoms with Crippen LogP contribution in [0.15, 0.2) is 36.4 Å². The average Bonchev–Trinajstić information content (AvgIpc) is 2.70. The maximum absolute atomic E-state index is 13.4. The van der Waals surface area contributed by atoms with Gasteiger partial charge in [0.15, 0.2) is 0 Å². The van der Waals surface area contributed by atoms with Gasteiger partial charge in [0.2, 0.25) is 0 Å². The zero-order valence-electron chi connectivity index (χ0n) is 15.2. The number of piperidine rings is 1. The van der Waals surface area contributed by atoms with Gasteiger partial charge in [0, 0.05) is 43.8 Å². The normalized spacial score (nSPS) is 14.7. The minimum absolute atomic E-state index is 0.0308. The number of methoxy groups -OCH3 is 2. The van der Waals surface area contributed by atoms with Gasteiger partial charge in [-0.2, -0.15) is 0 Å². The Morgan fingerprint density at radius 3 is 2.52 bits per heavy atom. The third-order valence-corrected chi connectivity index (χ3v) is 4.90. The summed E-state index contributed by atoms with van der Waals surface area (Å²) in [6.07, 6.45) is 1.51. The van der Waals surface area contributed by atoms with E-state index in [0.717, 1.165) is 31.6 Å². The number of benzene rings is 2. The molecule has 144 valence electrons. The second-order valence-corrected chi connectivity index (χ2v) is 6.66. The van der Waals surface area contributed by atoms with Crippen LogP contribution in [0.4, 0.5) is 10.1 Å². The second-order valence-electron chi connectivity index (χ2n) is 6.26. The summed E-state index contributed by atoms with van der Waals surface area (Å²) in [5, 5.41) is 0.405. The Bertz CT molecular complexity index is 822. The molecule has 3 rings (SSSR count). The van der Waals surface area contributed by atoms with Gasteiger partial charge in [0.05, 0.1) is 19.2 Å². The van der Waals surface area contributed by atoms with Gasteiger partial charge < -0.3 is 19.1 Å². The zero-order chi connectivity index (χ0) is 19.4. The van der Waals surface area contributed by atoms with E-state index < -0.39 is 5.97 Å². The van der Waals surface area contributed by atoms with Crippen molar-refractivity contribution < 1.29 is 23.4 Å². The molecular formula is C20H21ClFNO4. The molecule has 0 aromatic heterocycles. The number of carbonyl (C=O) groups is 1. The van der Waals surface area contributed by atoms with Gasteiger partial charge in [-0.1, -0.05) is 11.6 Å². The lowest BCUT2D eigenvalue weighted by molar-refractivity contribution is 0.0597. The van der Waals surface area contributed by atoms with E-state index in [1.807, 2.05) is 12.1 Å². The van der Waals surface area contributed by atoms with Crippen LogP contribution in [0, 0.1) is 5.82 Å². The average molecular weight is 394 g/mol. The number of esters is 1. The maximum Gasteiger partial charge on any atom is 0.341 e. The van der Waals surface area contributed by atoms with Gasteiger partial charge in [-0.15, -0.1) is 0 Å². The molecule has 0 unspecified atom stereocenters. The van der Waals surface area contributed by atoms with E-state index >= 15 is 0 Å². The van der Waals surface area contributed by atoms with Crippen LogP contribution < -0.4 is 14.4 Å². The van der Waals surface area contributed by atoms with Crippen molar-refractivity contribution in [2.24, 2.45) is 0 Å². The smallest absolute Gasteiger partial charge is 0.341 e. The van der Waals surface area contributed by atoms with Crippen molar-refractivity contribution in [3.63, 3.8) is 0 Å². The standard InChI is InChI=1S/C20H21ClFNO4/c1-25-18-12-14(4-5-16(18)20(24)26-2)23-9-7-15(8-10-23)27-19-11-13(22)3-6-17(19)21/h3-6,11-12,15H,7-10H2,1-2H3. The van der Waals surface area contributed by atoms with Crippen molar-refractivity contribution >= 4 is 23.3 Å². The van der Waals surface area contributed by atoms with Crippen LogP contribution in [0.3, 0.4) is 0 Å². The van der Waals surface area contributed by atoms with Crippen LogP contribution in [0.1, 0.15) is 23.2 Å². The molecule has 0 spiro atoms. The molecule has 0 atom stereocenters. The maximum atomic E-state index is 13.4. The summed E-state index contributed by atoms with van der Waals surface area (Å²) in [4.78, 5) is 14.0. The largest absolute Gasteiger partial charge is 0.496 e. The topological polar surface area (TPSA) is 48.0 Å². The zero-order valence-corrected chi connectivity index (χ0v) is 16.0. The predicted octanol–water partition coefficient (Wildman–Crippen LogP) is 4.32. The summed E-state index contributed by atoms with van der Waals surface area (Å²) in [6.45, 7) is 1.52. The summed E-state index contributed by atoms with van der Waals surface area (Å²) in [6, 6.07) is 9.52. The number of rotatable bonds is 5. The van der Waals surface area contributed by atoms with Crippen LogP contribution in [0.2, 0.25) is 5.02 Å². The monoisotopic (exact) mass is 393 g/mol. The molecule has 2 aromatic carbocycles. The predicted molar refractivity (Wildman–Crippen MR) is 102 cm³/mol. The molecule has 5 nitrogen and oxygen atoms in total. The van der Waals surface area contributed by atoms with Crippen molar-refractivity contribution in [2.75, 3.05) is 32.2 Å². The van der Waals surface area contributed by atoms with E-state index in [2.05, 4.69) is 4.90 Å². The highest BCUT2D eigenvalue weighted by Gasteiger charge is 2.23. The molecular weight excluding hydrogens is 373 g/mol. The summed E-state index contributed by atoms with van der Waals surface area (Å²) in [5.41, 5.74) is 1.35. The van der Waals surface area contributed by atoms with Crippen molar-refractivity contribution in [3.05, 3.63) is 52.8 Å². The molecule has 0 saturated carbocycles. The quantitative estimate of drug-likeness (QED) is 0.708. The van der Waals surface area contributed by atoms with Crippen LogP contribution in [-0.4, -0.2) is 39.4 Å². The van der Waals surface area contributed by atoms with E-state index in [1.165, 1.54) is 32.4 Å². The molecule has 1 aliphatic rings. The Balaban J connectivity index is 1.65. The van der Waals surface area contributed by atoms with E-state index in [4.69, 9.17) is 25.8 Å². The Morgan fingerprint density at radius 1 is 1.11 bits per heavy atom. The van der Waals surface area contributed by atoms with E-state index in [-0.39, 0.29) is 11.9 Å². The Kier molecular flexibility index (Phi) is 6.06. The third-order valence-electron chi connectivity index (χ3n) is 4.58. The first-order valence-corrected chi connectivity index (χ1v) is 9.02. The highest BCUT2D eigenvalue weighted by atomic mass is 35.5. The fraction of sp³-hybridized carbons (Fsp3) is 0.350. The number of hydrogen-bond acceptors (Lipinski definition) is 5. The molecule has 0 bridgehead atoms. The van der Waals surface area contributed by atoms with Gasteiger partial charge in [0.1, 0.15) is 29.0 Å². The summed E-state index contributed by atoms with van der Waals surface area (Å²) in [7, 11) is 2.86. The first kappa shape index (κ1) is 19.3. The van der Waals surface area contributed by atoms with Crippen molar-refractivity contribution in [1.82, 2.24) is 0 Å². The van der Waals surface area contributed by atoms with Crippen LogP contribution >= 0.6 is 11.6 Å². The number of carbonyl (C=O) groups excluding carboxylic acids is 1. The summed E-state index contributed by atoms with van der Waals surface area (Å²) < 4.78 is 29.3. The minimum atomic E-state index is -0.433. The van der Waals surface area contributed by atoms with E-state index in [9.17, 15) is 9.18 Å². The molecule has 0 amide bonds. The van der Waals surface area contributed by atoms with Crippen LogP contribution in [0.25, 0.3) is 0 Å². The fourth-order valence-electron chi connectivity index (χ4n) is 3.13. The highest BCUT2D eigenvalue weighted by molar-refractivity contribution is 6.32. The van der Waals surface area contributed by atoms with Gasteiger partial charge in [-0.25, -0.2) is 9.18 Å². The van der Waals surface area contributed by atoms with Crippen molar-refractivity contribution in [3.8, 4) is 11.5 Å². The van der Waals surface area contributed by atoms with Crippen molar-refractivity contribution in [1.29, 1.82) is 0 Å². The van der Waals surface area contributed by atoms with Crippen molar-refractivity contribution in [2.45, 2.75) is 18.9 Å². The lowest BCUT2D eigenvalue weighted by atomic mass is 10.1. The minimum Gasteiger partial charge on any atom is -0.496 e. The number of anilines is 1. The lowest BCUT2D eigenvalue weighted by Crippen LogP contribution is -2.38. The molecule has 1 saturated heterocycles. The second kappa shape index (κ2) is 8.48. The molecule has 0 aliphatic carbocycles. The molecule has 1 aliphatic heterocycles. The van der Waals surface area contributed by atoms with E-state index in [0.29, 0.717) is 22.1 Å². The molecule has 2 aromatic rings. The lowest BCUT2D eigenvalue weighted by Gasteiger charge is -2.34. The van der Waals surface area contributed by atoms with Crippen LogP contribution in [-0.2, 0) is 4.74 Å². The number of hydrogen-bond donors (Lipinski definition) is 0. The molecule has 0 radical (unpaired) electrons. The number of halogens is 2. The van der Waals surface area contributed by atoms with Gasteiger partial charge >= 0.3 is 5.97 Å². The molecule has 1 fully saturated rings. The summed E-state index contributed by atoms with van der Waals surface area (Å²) >= 11 is 6.07. The molecule has 0 N–H and O–H groups in total. The fourth-order valence-corrected chi connectivity index (χ4v) is 3.30. The third kappa shape index (κ3) is 4.45. The Morgan fingerprint density at radius 2 is 1.85 bits per heavy atom. The first-order valence-electron chi connectivity index (χ1n) is 8.65. The molecule has 27 heavy (non-hydrogen) atoms. The number of nitrogens with zero attached hydrogens (tertiary/aromatic N) is 1. The summed E-state index contributed by atoms with van der Waals surface area (Å²) in [5.74, 6) is 0.0468. The Hall–Kier alpha value is -2.47. The van der Waals surface area contributed by atoms with E-state index in [1.54, 1.807) is 6.07 Å². The van der Waals surface area contributed by atoms with Gasteiger partial charge in [-0.05, 0) is 24.3 Å². The first-order chi connectivity index (χ1) is 13.0. The van der Waals surface area contributed by atoms with Crippen LogP contribution in [0.5, 0.6) is 11.5 Å². The molecule has 7 heteroatoms. The van der Waals surface area contributed by atoms with Gasteiger partial charge in [-0.3, -0.25) is 0 Å². The van der Waals surface area contributed by atoms with Gasteiger partial charge in [0.25, 0.3) is 0 Å².